The highest BCUT2D eigenvalue weighted by Gasteiger charge is 2.24. The second-order valence-electron chi connectivity index (χ2n) is 3.25. The maximum atomic E-state index is 10.8. The molecule has 1 saturated carbocycles. The van der Waals surface area contributed by atoms with E-state index in [1.165, 1.54) is 0 Å². The van der Waals surface area contributed by atoms with Crippen LogP contribution in [0.5, 0.6) is 0 Å². The lowest BCUT2D eigenvalue weighted by Crippen LogP contribution is -2.37. The van der Waals surface area contributed by atoms with E-state index in [1.807, 2.05) is 0 Å². The number of carbonyl (C=O) groups excluding carboxylic acids is 2. The van der Waals surface area contributed by atoms with Crippen molar-refractivity contribution in [3.63, 3.8) is 0 Å². The molecule has 0 aliphatic heterocycles. The molecule has 4 heteroatoms. The molecule has 2 amide bonds. The minimum atomic E-state index is -0.243. The summed E-state index contributed by atoms with van der Waals surface area (Å²) < 4.78 is 0. The smallest absolute Gasteiger partial charge is 0.220 e. The van der Waals surface area contributed by atoms with Crippen LogP contribution in [0, 0.1) is 5.92 Å². The average Bonchev–Trinajstić information content (AvgIpc) is 2.05. The Bertz CT molecular complexity index is 182. The maximum absolute atomic E-state index is 10.8. The number of primary amides is 1. The van der Waals surface area contributed by atoms with Crippen molar-refractivity contribution in [2.75, 3.05) is 0 Å². The third-order valence-corrected chi connectivity index (χ3v) is 2.38. The third kappa shape index (κ3) is 2.22. The van der Waals surface area contributed by atoms with Gasteiger partial charge in [-0.3, -0.25) is 9.59 Å². The number of hydrogen-bond donors (Lipinski definition) is 2. The van der Waals surface area contributed by atoms with Crippen LogP contribution in [-0.4, -0.2) is 18.4 Å². The van der Waals surface area contributed by atoms with Crippen LogP contribution in [0.2, 0.25) is 0 Å². The van der Waals surface area contributed by atoms with Gasteiger partial charge in [-0.2, -0.15) is 0 Å². The summed E-state index contributed by atoms with van der Waals surface area (Å²) in [5, 5.41) is 2.68. The molecule has 68 valence electrons. The topological polar surface area (TPSA) is 72.2 Å². The van der Waals surface area contributed by atoms with Gasteiger partial charge in [-0.25, -0.2) is 0 Å². The second-order valence-corrected chi connectivity index (χ2v) is 3.25. The largest absolute Gasteiger partial charge is 0.369 e. The van der Waals surface area contributed by atoms with E-state index in [0.29, 0.717) is 12.8 Å². The quantitative estimate of drug-likeness (QED) is 0.574. The molecular weight excluding hydrogens is 156 g/mol. The van der Waals surface area contributed by atoms with Gasteiger partial charge in [0.1, 0.15) is 0 Å². The lowest BCUT2D eigenvalue weighted by molar-refractivity contribution is -0.123. The highest BCUT2D eigenvalue weighted by Crippen LogP contribution is 2.23. The number of rotatable bonds is 3. The summed E-state index contributed by atoms with van der Waals surface area (Å²) in [7, 11) is 0. The van der Waals surface area contributed by atoms with Gasteiger partial charge in [0.25, 0.3) is 0 Å². The van der Waals surface area contributed by atoms with Crippen LogP contribution in [-0.2, 0) is 9.59 Å². The Morgan fingerprint density at radius 1 is 1.50 bits per heavy atom. The standard InChI is InChI=1S/C8H14N2O2/c9-8(12)6-2-1-3-7(4-6)10-5-11/h5-7H,1-4H2,(H2,9,12)(H,10,11). The monoisotopic (exact) mass is 170 g/mol. The minimum Gasteiger partial charge on any atom is -0.369 e. The first-order valence-electron chi connectivity index (χ1n) is 4.23. The summed E-state index contributed by atoms with van der Waals surface area (Å²) in [5.41, 5.74) is 5.17. The fourth-order valence-electron chi connectivity index (χ4n) is 1.70. The molecular formula is C8H14N2O2. The van der Waals surface area contributed by atoms with E-state index in [2.05, 4.69) is 5.32 Å². The molecule has 12 heavy (non-hydrogen) atoms. The van der Waals surface area contributed by atoms with Gasteiger partial charge in [0.2, 0.25) is 12.3 Å². The Morgan fingerprint density at radius 2 is 2.25 bits per heavy atom. The predicted octanol–water partition coefficient (Wildman–Crippen LogP) is -0.224. The lowest BCUT2D eigenvalue weighted by atomic mass is 9.85. The highest BCUT2D eigenvalue weighted by atomic mass is 16.1. The van der Waals surface area contributed by atoms with E-state index >= 15 is 0 Å². The van der Waals surface area contributed by atoms with E-state index in [0.717, 1.165) is 19.3 Å². The van der Waals surface area contributed by atoms with Gasteiger partial charge in [-0.15, -0.1) is 0 Å². The Balaban J connectivity index is 2.39. The molecule has 2 atom stereocenters. The van der Waals surface area contributed by atoms with Gasteiger partial charge in [-0.05, 0) is 19.3 Å². The van der Waals surface area contributed by atoms with Crippen LogP contribution < -0.4 is 11.1 Å². The SMILES string of the molecule is NC(=O)C1CCCC(NC=O)C1. The molecule has 1 aliphatic rings. The Kier molecular flexibility index (Phi) is 3.08. The van der Waals surface area contributed by atoms with Crippen LogP contribution in [0.25, 0.3) is 0 Å². The average molecular weight is 170 g/mol. The zero-order valence-corrected chi connectivity index (χ0v) is 6.95. The number of nitrogens with one attached hydrogen (secondary N) is 1. The Labute approximate surface area is 71.5 Å². The molecule has 4 nitrogen and oxygen atoms in total. The van der Waals surface area contributed by atoms with Crippen molar-refractivity contribution in [1.29, 1.82) is 0 Å². The van der Waals surface area contributed by atoms with E-state index in [4.69, 9.17) is 5.73 Å². The van der Waals surface area contributed by atoms with Crippen LogP contribution in [0.3, 0.4) is 0 Å². The minimum absolute atomic E-state index is 0.0452. The molecule has 0 bridgehead atoms. The van der Waals surface area contributed by atoms with Crippen molar-refractivity contribution in [3.8, 4) is 0 Å². The van der Waals surface area contributed by atoms with Gasteiger partial charge in [-0.1, -0.05) is 6.42 Å². The second kappa shape index (κ2) is 4.09. The molecule has 0 radical (unpaired) electrons. The van der Waals surface area contributed by atoms with E-state index < -0.39 is 0 Å². The normalized spacial score (nSPS) is 29.3. The maximum Gasteiger partial charge on any atom is 0.220 e. The Hall–Kier alpha value is -1.06. The Morgan fingerprint density at radius 3 is 2.83 bits per heavy atom. The summed E-state index contributed by atoms with van der Waals surface area (Å²) in [6.45, 7) is 0. The van der Waals surface area contributed by atoms with E-state index in [1.54, 1.807) is 0 Å². The zero-order chi connectivity index (χ0) is 8.97. The lowest BCUT2D eigenvalue weighted by Gasteiger charge is -2.26. The third-order valence-electron chi connectivity index (χ3n) is 2.38. The van der Waals surface area contributed by atoms with Crippen LogP contribution in [0.1, 0.15) is 25.7 Å². The molecule has 0 saturated heterocycles. The molecule has 1 rings (SSSR count). The first kappa shape index (κ1) is 9.03. The summed E-state index contributed by atoms with van der Waals surface area (Å²) >= 11 is 0. The first-order chi connectivity index (χ1) is 5.74. The van der Waals surface area contributed by atoms with Gasteiger partial charge in [0, 0.05) is 12.0 Å². The fourth-order valence-corrected chi connectivity index (χ4v) is 1.70. The zero-order valence-electron chi connectivity index (χ0n) is 6.95. The number of hydrogen-bond acceptors (Lipinski definition) is 2. The predicted molar refractivity (Wildman–Crippen MR) is 44.1 cm³/mol. The van der Waals surface area contributed by atoms with Crippen molar-refractivity contribution in [2.24, 2.45) is 11.7 Å². The van der Waals surface area contributed by atoms with Crippen molar-refractivity contribution in [2.45, 2.75) is 31.7 Å². The molecule has 2 unspecified atom stereocenters. The van der Waals surface area contributed by atoms with Gasteiger partial charge in [0.15, 0.2) is 0 Å². The molecule has 0 aromatic rings. The molecule has 0 spiro atoms. The van der Waals surface area contributed by atoms with Gasteiger partial charge in [0.05, 0.1) is 0 Å². The molecule has 0 aromatic heterocycles. The number of nitrogens with two attached hydrogens (primary N) is 1. The number of carbonyl (C=O) groups is 2. The van der Waals surface area contributed by atoms with Crippen molar-refractivity contribution >= 4 is 12.3 Å². The molecule has 1 fully saturated rings. The van der Waals surface area contributed by atoms with E-state index in [9.17, 15) is 9.59 Å². The molecule has 1 aliphatic carbocycles. The molecule has 3 N–H and O–H groups in total. The van der Waals surface area contributed by atoms with Crippen molar-refractivity contribution in [3.05, 3.63) is 0 Å². The van der Waals surface area contributed by atoms with Crippen molar-refractivity contribution < 1.29 is 9.59 Å². The van der Waals surface area contributed by atoms with Crippen LogP contribution in [0.15, 0.2) is 0 Å². The number of amides is 2. The molecule has 0 aromatic carbocycles. The van der Waals surface area contributed by atoms with Gasteiger partial charge >= 0.3 is 0 Å². The van der Waals surface area contributed by atoms with E-state index in [-0.39, 0.29) is 17.9 Å². The summed E-state index contributed by atoms with van der Waals surface area (Å²) in [4.78, 5) is 20.9. The van der Waals surface area contributed by atoms with Gasteiger partial charge < -0.3 is 11.1 Å². The summed E-state index contributed by atoms with van der Waals surface area (Å²) in [6, 6.07) is 0.147. The summed E-state index contributed by atoms with van der Waals surface area (Å²) in [5.74, 6) is -0.288. The first-order valence-corrected chi connectivity index (χ1v) is 4.23. The fraction of sp³-hybridized carbons (Fsp3) is 0.750. The summed E-state index contributed by atoms with van der Waals surface area (Å²) in [6.07, 6.45) is 4.19. The van der Waals surface area contributed by atoms with Crippen LogP contribution >= 0.6 is 0 Å². The van der Waals surface area contributed by atoms with Crippen LogP contribution in [0.4, 0.5) is 0 Å². The molecule has 0 heterocycles. The van der Waals surface area contributed by atoms with Crippen molar-refractivity contribution in [1.82, 2.24) is 5.32 Å². The highest BCUT2D eigenvalue weighted by molar-refractivity contribution is 5.76.